The summed E-state index contributed by atoms with van der Waals surface area (Å²) in [7, 11) is 0. The molecule has 0 bridgehead atoms. The largest absolute Gasteiger partial charge is 0.399 e. The van der Waals surface area contributed by atoms with Crippen molar-refractivity contribution >= 4 is 22.5 Å². The van der Waals surface area contributed by atoms with Gasteiger partial charge in [-0.3, -0.25) is 4.79 Å². The number of nitrogens with two attached hydrogens (primary N) is 1. The van der Waals surface area contributed by atoms with Gasteiger partial charge in [0.15, 0.2) is 0 Å². The fourth-order valence-corrected chi connectivity index (χ4v) is 3.46. The Balaban J connectivity index is 1.78. The minimum atomic E-state index is 0.0115. The maximum absolute atomic E-state index is 12.5. The van der Waals surface area contributed by atoms with E-state index in [-0.39, 0.29) is 11.9 Å². The molecule has 1 saturated carbocycles. The highest BCUT2D eigenvalue weighted by Crippen LogP contribution is 2.29. The second kappa shape index (κ2) is 5.43. The van der Waals surface area contributed by atoms with E-state index in [0.717, 1.165) is 23.2 Å². The molecule has 4 heteroatoms. The lowest BCUT2D eigenvalue weighted by Gasteiger charge is -2.33. The SMILES string of the molecule is CC1CCC(NC(=O)c2c[nH]c3cc(N)ccc23)C(C)C1. The zero-order chi connectivity index (χ0) is 15.0. The number of benzene rings is 1. The first-order valence-corrected chi connectivity index (χ1v) is 7.72. The van der Waals surface area contributed by atoms with Gasteiger partial charge in [-0.05, 0) is 49.3 Å². The Kier molecular flexibility index (Phi) is 3.62. The lowest BCUT2D eigenvalue weighted by atomic mass is 9.80. The van der Waals surface area contributed by atoms with Crippen molar-refractivity contribution in [2.24, 2.45) is 11.8 Å². The number of amides is 1. The van der Waals surface area contributed by atoms with Crippen LogP contribution in [0.1, 0.15) is 43.5 Å². The average molecular weight is 285 g/mol. The molecular formula is C17H23N3O. The molecule has 112 valence electrons. The molecule has 1 aliphatic rings. The van der Waals surface area contributed by atoms with E-state index < -0.39 is 0 Å². The third kappa shape index (κ3) is 2.75. The first-order valence-electron chi connectivity index (χ1n) is 7.72. The summed E-state index contributed by atoms with van der Waals surface area (Å²) < 4.78 is 0. The first-order chi connectivity index (χ1) is 10.0. The normalized spacial score (nSPS) is 25.9. The van der Waals surface area contributed by atoms with Crippen molar-refractivity contribution in [3.8, 4) is 0 Å². The van der Waals surface area contributed by atoms with E-state index in [1.807, 2.05) is 18.2 Å². The number of aromatic nitrogens is 1. The minimum Gasteiger partial charge on any atom is -0.399 e. The van der Waals surface area contributed by atoms with Gasteiger partial charge in [0, 0.05) is 28.8 Å². The number of anilines is 1. The van der Waals surface area contributed by atoms with Crippen LogP contribution < -0.4 is 11.1 Å². The second-order valence-corrected chi connectivity index (χ2v) is 6.48. The zero-order valence-corrected chi connectivity index (χ0v) is 12.6. The Morgan fingerprint density at radius 1 is 1.33 bits per heavy atom. The van der Waals surface area contributed by atoms with Gasteiger partial charge in [-0.1, -0.05) is 13.8 Å². The van der Waals surface area contributed by atoms with E-state index in [1.165, 1.54) is 12.8 Å². The molecule has 3 atom stereocenters. The summed E-state index contributed by atoms with van der Waals surface area (Å²) in [4.78, 5) is 15.7. The van der Waals surface area contributed by atoms with Gasteiger partial charge in [0.25, 0.3) is 5.91 Å². The van der Waals surface area contributed by atoms with E-state index in [1.54, 1.807) is 6.20 Å². The smallest absolute Gasteiger partial charge is 0.253 e. The van der Waals surface area contributed by atoms with Gasteiger partial charge in [0.05, 0.1) is 5.56 Å². The van der Waals surface area contributed by atoms with Crippen LogP contribution in [0, 0.1) is 11.8 Å². The molecule has 21 heavy (non-hydrogen) atoms. The Morgan fingerprint density at radius 2 is 2.14 bits per heavy atom. The van der Waals surface area contributed by atoms with Crippen molar-refractivity contribution in [3.05, 3.63) is 30.0 Å². The molecule has 0 aliphatic heterocycles. The van der Waals surface area contributed by atoms with Crippen LogP contribution in [0.25, 0.3) is 10.9 Å². The van der Waals surface area contributed by atoms with Gasteiger partial charge in [-0.15, -0.1) is 0 Å². The number of H-pyrrole nitrogens is 1. The summed E-state index contributed by atoms with van der Waals surface area (Å²) in [6, 6.07) is 5.88. The van der Waals surface area contributed by atoms with E-state index in [4.69, 9.17) is 5.73 Å². The molecule has 0 saturated heterocycles. The first kappa shape index (κ1) is 14.0. The summed E-state index contributed by atoms with van der Waals surface area (Å²) in [5, 5.41) is 4.14. The number of hydrogen-bond acceptors (Lipinski definition) is 2. The number of fused-ring (bicyclic) bond motifs is 1. The number of aromatic amines is 1. The molecule has 2 aromatic rings. The number of hydrogen-bond donors (Lipinski definition) is 3. The van der Waals surface area contributed by atoms with Crippen LogP contribution >= 0.6 is 0 Å². The standard InChI is InChI=1S/C17H23N3O/c1-10-3-6-15(11(2)7-10)20-17(21)14-9-19-16-8-12(18)4-5-13(14)16/h4-5,8-11,15,19H,3,6-7,18H2,1-2H3,(H,20,21). The molecule has 1 aliphatic carbocycles. The Hall–Kier alpha value is -1.97. The molecule has 3 unspecified atom stereocenters. The minimum absolute atomic E-state index is 0.0115. The maximum Gasteiger partial charge on any atom is 0.253 e. The summed E-state index contributed by atoms with van der Waals surface area (Å²) in [5.74, 6) is 1.32. The molecule has 3 rings (SSSR count). The van der Waals surface area contributed by atoms with Crippen LogP contribution in [-0.2, 0) is 0 Å². The quantitative estimate of drug-likeness (QED) is 0.741. The van der Waals surface area contributed by atoms with E-state index in [2.05, 4.69) is 24.1 Å². The molecule has 1 heterocycles. The van der Waals surface area contributed by atoms with Crippen LogP contribution in [0.5, 0.6) is 0 Å². The number of carbonyl (C=O) groups excluding carboxylic acids is 1. The summed E-state index contributed by atoms with van der Waals surface area (Å²) in [6.07, 6.45) is 5.23. The number of nitrogen functional groups attached to an aromatic ring is 1. The van der Waals surface area contributed by atoms with Crippen LogP contribution in [0.4, 0.5) is 5.69 Å². The Labute approximate surface area is 125 Å². The maximum atomic E-state index is 12.5. The highest BCUT2D eigenvalue weighted by atomic mass is 16.1. The fourth-order valence-electron chi connectivity index (χ4n) is 3.46. The van der Waals surface area contributed by atoms with Crippen molar-refractivity contribution in [3.63, 3.8) is 0 Å². The van der Waals surface area contributed by atoms with Crippen LogP contribution in [0.2, 0.25) is 0 Å². The molecule has 1 aromatic carbocycles. The highest BCUT2D eigenvalue weighted by Gasteiger charge is 2.27. The monoisotopic (exact) mass is 285 g/mol. The zero-order valence-electron chi connectivity index (χ0n) is 12.6. The van der Waals surface area contributed by atoms with Crippen molar-refractivity contribution in [1.82, 2.24) is 10.3 Å². The molecule has 1 aromatic heterocycles. The number of nitrogens with one attached hydrogen (secondary N) is 2. The van der Waals surface area contributed by atoms with E-state index >= 15 is 0 Å². The van der Waals surface area contributed by atoms with Crippen LogP contribution in [0.15, 0.2) is 24.4 Å². The number of rotatable bonds is 2. The van der Waals surface area contributed by atoms with Gasteiger partial charge >= 0.3 is 0 Å². The molecule has 0 radical (unpaired) electrons. The molecular weight excluding hydrogens is 262 g/mol. The van der Waals surface area contributed by atoms with Crippen molar-refractivity contribution in [2.45, 2.75) is 39.2 Å². The molecule has 4 nitrogen and oxygen atoms in total. The van der Waals surface area contributed by atoms with Crippen molar-refractivity contribution in [2.75, 3.05) is 5.73 Å². The van der Waals surface area contributed by atoms with Crippen molar-refractivity contribution < 1.29 is 4.79 Å². The summed E-state index contributed by atoms with van der Waals surface area (Å²) in [5.41, 5.74) is 8.08. The average Bonchev–Trinajstić information content (AvgIpc) is 2.84. The van der Waals surface area contributed by atoms with Gasteiger partial charge in [0.1, 0.15) is 0 Å². The Bertz CT molecular complexity index is 661. The molecule has 4 N–H and O–H groups in total. The molecule has 0 spiro atoms. The van der Waals surface area contributed by atoms with Gasteiger partial charge in [-0.2, -0.15) is 0 Å². The Morgan fingerprint density at radius 3 is 2.90 bits per heavy atom. The summed E-state index contributed by atoms with van der Waals surface area (Å²) >= 11 is 0. The number of carbonyl (C=O) groups is 1. The van der Waals surface area contributed by atoms with Gasteiger partial charge < -0.3 is 16.0 Å². The molecule has 1 fully saturated rings. The third-order valence-electron chi connectivity index (χ3n) is 4.70. The van der Waals surface area contributed by atoms with E-state index in [9.17, 15) is 4.79 Å². The lowest BCUT2D eigenvalue weighted by molar-refractivity contribution is 0.0901. The lowest BCUT2D eigenvalue weighted by Crippen LogP contribution is -2.42. The van der Waals surface area contributed by atoms with E-state index in [0.29, 0.717) is 17.2 Å². The molecule has 1 amide bonds. The van der Waals surface area contributed by atoms with Crippen molar-refractivity contribution in [1.29, 1.82) is 0 Å². The highest BCUT2D eigenvalue weighted by molar-refractivity contribution is 6.07. The topological polar surface area (TPSA) is 70.9 Å². The predicted octanol–water partition coefficient (Wildman–Crippen LogP) is 3.30. The third-order valence-corrected chi connectivity index (χ3v) is 4.70. The second-order valence-electron chi connectivity index (χ2n) is 6.48. The van der Waals surface area contributed by atoms with Gasteiger partial charge in [-0.25, -0.2) is 0 Å². The van der Waals surface area contributed by atoms with Crippen LogP contribution in [-0.4, -0.2) is 16.9 Å². The fraction of sp³-hybridized carbons (Fsp3) is 0.471. The predicted molar refractivity (Wildman–Crippen MR) is 86.1 cm³/mol. The van der Waals surface area contributed by atoms with Crippen LogP contribution in [0.3, 0.4) is 0 Å². The summed E-state index contributed by atoms with van der Waals surface area (Å²) in [6.45, 7) is 4.52. The van der Waals surface area contributed by atoms with Gasteiger partial charge in [0.2, 0.25) is 0 Å².